The van der Waals surface area contributed by atoms with Gasteiger partial charge in [-0.25, -0.2) is 4.98 Å². The summed E-state index contributed by atoms with van der Waals surface area (Å²) in [6, 6.07) is 13.4. The van der Waals surface area contributed by atoms with Gasteiger partial charge in [-0.05, 0) is 43.8 Å². The topological polar surface area (TPSA) is 58.1 Å². The Kier molecular flexibility index (Phi) is 5.51. The van der Waals surface area contributed by atoms with Crippen LogP contribution < -0.4 is 5.32 Å². The van der Waals surface area contributed by atoms with Crippen LogP contribution in [0.1, 0.15) is 24.2 Å². The number of nitrogens with zero attached hydrogens (tertiary/aromatic N) is 3. The minimum absolute atomic E-state index is 0.0197. The molecule has 2 aromatic heterocycles. The van der Waals surface area contributed by atoms with Gasteiger partial charge in [-0.1, -0.05) is 32.0 Å². The molecule has 5 heteroatoms. The molecule has 0 aliphatic rings. The maximum Gasteiger partial charge on any atom is 0.252 e. The van der Waals surface area contributed by atoms with Gasteiger partial charge in [-0.2, -0.15) is 0 Å². The van der Waals surface area contributed by atoms with Gasteiger partial charge in [0, 0.05) is 36.4 Å². The summed E-state index contributed by atoms with van der Waals surface area (Å²) in [4.78, 5) is 24.0. The fraction of sp³-hybridized carbons (Fsp3) is 0.318. The van der Waals surface area contributed by atoms with Crippen molar-refractivity contribution >= 4 is 16.8 Å². The molecular formula is C22H26N4O. The van der Waals surface area contributed by atoms with Crippen molar-refractivity contribution in [1.82, 2.24) is 20.2 Å². The molecule has 0 fully saturated rings. The number of carbonyl (C=O) groups excluding carboxylic acids is 1. The summed E-state index contributed by atoms with van der Waals surface area (Å²) < 4.78 is 0. The van der Waals surface area contributed by atoms with Crippen molar-refractivity contribution in [2.45, 2.75) is 13.8 Å². The van der Waals surface area contributed by atoms with Crippen LogP contribution in [0.25, 0.3) is 22.2 Å². The van der Waals surface area contributed by atoms with Crippen molar-refractivity contribution in [3.63, 3.8) is 0 Å². The lowest BCUT2D eigenvalue weighted by molar-refractivity contribution is 0.0931. The molecule has 3 aromatic rings. The van der Waals surface area contributed by atoms with Gasteiger partial charge < -0.3 is 10.2 Å². The second kappa shape index (κ2) is 7.84. The molecule has 1 N–H and O–H groups in total. The average Bonchev–Trinajstić information content (AvgIpc) is 2.65. The van der Waals surface area contributed by atoms with Crippen molar-refractivity contribution < 1.29 is 4.79 Å². The molecule has 0 unspecified atom stereocenters. The first kappa shape index (κ1) is 19.0. The highest BCUT2D eigenvalue weighted by atomic mass is 16.1. The number of aromatic nitrogens is 2. The molecule has 27 heavy (non-hydrogen) atoms. The normalized spacial score (nSPS) is 11.7. The van der Waals surface area contributed by atoms with Crippen LogP contribution in [0.2, 0.25) is 0 Å². The lowest BCUT2D eigenvalue weighted by Crippen LogP contribution is -2.40. The Morgan fingerprint density at radius 1 is 1.15 bits per heavy atom. The Hall–Kier alpha value is -2.79. The minimum Gasteiger partial charge on any atom is -0.351 e. The molecule has 0 radical (unpaired) electrons. The summed E-state index contributed by atoms with van der Waals surface area (Å²) >= 11 is 0. The highest BCUT2D eigenvalue weighted by Crippen LogP contribution is 2.24. The Morgan fingerprint density at radius 2 is 1.93 bits per heavy atom. The number of para-hydroxylation sites is 1. The van der Waals surface area contributed by atoms with Crippen molar-refractivity contribution in [2.24, 2.45) is 5.41 Å². The van der Waals surface area contributed by atoms with E-state index in [4.69, 9.17) is 4.98 Å². The maximum atomic E-state index is 13.0. The van der Waals surface area contributed by atoms with E-state index in [0.717, 1.165) is 28.7 Å². The Bertz CT molecular complexity index is 935. The van der Waals surface area contributed by atoms with Crippen LogP contribution in [0.5, 0.6) is 0 Å². The largest absolute Gasteiger partial charge is 0.351 e. The first-order valence-electron chi connectivity index (χ1n) is 9.09. The van der Waals surface area contributed by atoms with Crippen LogP contribution in [0.3, 0.4) is 0 Å². The zero-order chi connectivity index (χ0) is 19.4. The predicted molar refractivity (Wildman–Crippen MR) is 110 cm³/mol. The molecule has 0 saturated carbocycles. The zero-order valence-corrected chi connectivity index (χ0v) is 16.4. The molecule has 0 spiro atoms. The molecule has 1 amide bonds. The number of amides is 1. The van der Waals surface area contributed by atoms with Crippen molar-refractivity contribution in [1.29, 1.82) is 0 Å². The monoisotopic (exact) mass is 362 g/mol. The van der Waals surface area contributed by atoms with Crippen molar-refractivity contribution in [3.05, 3.63) is 60.4 Å². The molecule has 0 atom stereocenters. The van der Waals surface area contributed by atoms with Crippen LogP contribution in [0.15, 0.2) is 54.9 Å². The lowest BCUT2D eigenvalue weighted by atomic mass is 9.92. The minimum atomic E-state index is -0.0782. The van der Waals surface area contributed by atoms with E-state index in [9.17, 15) is 4.79 Å². The number of rotatable bonds is 6. The van der Waals surface area contributed by atoms with Gasteiger partial charge in [0.05, 0.1) is 16.8 Å². The molecule has 140 valence electrons. The quantitative estimate of drug-likeness (QED) is 0.728. The molecule has 0 saturated heterocycles. The summed E-state index contributed by atoms with van der Waals surface area (Å²) in [7, 11) is 4.08. The van der Waals surface area contributed by atoms with E-state index in [0.29, 0.717) is 12.1 Å². The van der Waals surface area contributed by atoms with Crippen LogP contribution in [0, 0.1) is 5.41 Å². The van der Waals surface area contributed by atoms with E-state index in [2.05, 4.69) is 29.0 Å². The molecule has 0 bridgehead atoms. The third kappa shape index (κ3) is 4.68. The summed E-state index contributed by atoms with van der Waals surface area (Å²) in [6.07, 6.45) is 3.49. The van der Waals surface area contributed by atoms with Crippen LogP contribution in [0.4, 0.5) is 0 Å². The number of fused-ring (bicyclic) bond motifs is 1. The van der Waals surface area contributed by atoms with Gasteiger partial charge in [0.15, 0.2) is 0 Å². The molecule has 0 aliphatic heterocycles. The summed E-state index contributed by atoms with van der Waals surface area (Å²) in [6.45, 7) is 5.80. The van der Waals surface area contributed by atoms with Gasteiger partial charge in [0.25, 0.3) is 5.91 Å². The summed E-state index contributed by atoms with van der Waals surface area (Å²) in [5, 5.41) is 3.96. The average molecular weight is 362 g/mol. The Labute approximate surface area is 160 Å². The molecule has 0 aliphatic carbocycles. The van der Waals surface area contributed by atoms with E-state index in [1.165, 1.54) is 0 Å². The zero-order valence-electron chi connectivity index (χ0n) is 16.4. The number of hydrogen-bond acceptors (Lipinski definition) is 4. The number of nitrogens with one attached hydrogen (secondary N) is 1. The lowest BCUT2D eigenvalue weighted by Gasteiger charge is -2.28. The van der Waals surface area contributed by atoms with Crippen LogP contribution in [-0.4, -0.2) is 48.0 Å². The van der Waals surface area contributed by atoms with E-state index in [-0.39, 0.29) is 11.3 Å². The predicted octanol–water partition coefficient (Wildman–Crippen LogP) is 3.61. The molecule has 1 aromatic carbocycles. The summed E-state index contributed by atoms with van der Waals surface area (Å²) in [5.41, 5.74) is 3.06. The molecule has 2 heterocycles. The first-order valence-corrected chi connectivity index (χ1v) is 9.09. The molecular weight excluding hydrogens is 336 g/mol. The van der Waals surface area contributed by atoms with E-state index in [1.54, 1.807) is 12.4 Å². The highest BCUT2D eigenvalue weighted by molar-refractivity contribution is 6.07. The smallest absolute Gasteiger partial charge is 0.252 e. The summed E-state index contributed by atoms with van der Waals surface area (Å²) in [5.74, 6) is -0.0782. The van der Waals surface area contributed by atoms with Crippen LogP contribution in [-0.2, 0) is 0 Å². The number of carbonyl (C=O) groups is 1. The number of hydrogen-bond donors (Lipinski definition) is 1. The second-order valence-electron chi connectivity index (χ2n) is 7.90. The fourth-order valence-electron chi connectivity index (χ4n) is 3.35. The standard InChI is InChI=1S/C22H26N4O/c1-22(2,15-26(3)4)14-24-21(27)18-12-20(16-8-7-11-23-13-16)25-19-10-6-5-9-17(18)19/h5-13H,14-15H2,1-4H3,(H,24,27). The van der Waals surface area contributed by atoms with Crippen molar-refractivity contribution in [2.75, 3.05) is 27.2 Å². The van der Waals surface area contributed by atoms with Crippen molar-refractivity contribution in [3.8, 4) is 11.3 Å². The fourth-order valence-corrected chi connectivity index (χ4v) is 3.35. The van der Waals surface area contributed by atoms with E-state index in [1.807, 2.05) is 56.6 Å². The number of pyridine rings is 2. The second-order valence-corrected chi connectivity index (χ2v) is 7.90. The highest BCUT2D eigenvalue weighted by Gasteiger charge is 2.21. The SMILES string of the molecule is CN(C)CC(C)(C)CNC(=O)c1cc(-c2cccnc2)nc2ccccc12. The Balaban J connectivity index is 1.94. The Morgan fingerprint density at radius 3 is 2.63 bits per heavy atom. The van der Waals surface area contributed by atoms with E-state index >= 15 is 0 Å². The van der Waals surface area contributed by atoms with Crippen LogP contribution >= 0.6 is 0 Å². The van der Waals surface area contributed by atoms with E-state index < -0.39 is 0 Å². The van der Waals surface area contributed by atoms with Gasteiger partial charge >= 0.3 is 0 Å². The van der Waals surface area contributed by atoms with Gasteiger partial charge in [-0.15, -0.1) is 0 Å². The van der Waals surface area contributed by atoms with Gasteiger partial charge in [-0.3, -0.25) is 9.78 Å². The van der Waals surface area contributed by atoms with Gasteiger partial charge in [0.2, 0.25) is 0 Å². The third-order valence-electron chi connectivity index (χ3n) is 4.39. The first-order chi connectivity index (χ1) is 12.9. The maximum absolute atomic E-state index is 13.0. The third-order valence-corrected chi connectivity index (χ3v) is 4.39. The number of benzene rings is 1. The van der Waals surface area contributed by atoms with Gasteiger partial charge in [0.1, 0.15) is 0 Å². The molecule has 3 rings (SSSR count). The molecule has 5 nitrogen and oxygen atoms in total.